The number of nitrogens with one attached hydrogen (secondary N) is 1. The predicted molar refractivity (Wildman–Crippen MR) is 149 cm³/mol. The van der Waals surface area contributed by atoms with Crippen molar-refractivity contribution >= 4 is 54.8 Å². The molecule has 0 saturated heterocycles. The summed E-state index contributed by atoms with van der Waals surface area (Å²) in [6, 6.07) is 23.0. The molecular weight excluding hydrogens is 588 g/mol. The first-order chi connectivity index (χ1) is 17.5. The van der Waals surface area contributed by atoms with Crippen LogP contribution in [0.25, 0.3) is 10.8 Å². The molecule has 4 aromatic carbocycles. The Morgan fingerprint density at radius 1 is 0.944 bits per heavy atom. The van der Waals surface area contributed by atoms with Gasteiger partial charge in [-0.25, -0.2) is 5.43 Å². The number of amides is 1. The van der Waals surface area contributed by atoms with Crippen LogP contribution in [0.2, 0.25) is 0 Å². The van der Waals surface area contributed by atoms with Crippen molar-refractivity contribution in [2.75, 3.05) is 13.7 Å². The maximum Gasteiger partial charge on any atom is 0.275 e. The van der Waals surface area contributed by atoms with Crippen LogP contribution < -0.4 is 19.6 Å². The smallest absolute Gasteiger partial charge is 0.275 e. The molecule has 0 aliphatic rings. The number of hydrazone groups is 1. The zero-order valence-electron chi connectivity index (χ0n) is 19.8. The molecule has 4 aromatic rings. The lowest BCUT2D eigenvalue weighted by atomic mass is 10.1. The summed E-state index contributed by atoms with van der Waals surface area (Å²) in [6.45, 7) is 2.77. The third-order valence-electron chi connectivity index (χ3n) is 5.32. The maximum absolute atomic E-state index is 12.8. The van der Waals surface area contributed by atoms with E-state index in [9.17, 15) is 4.79 Å². The van der Waals surface area contributed by atoms with Crippen LogP contribution in [0, 0.1) is 0 Å². The van der Waals surface area contributed by atoms with Crippen LogP contribution in [-0.4, -0.2) is 25.8 Å². The highest BCUT2D eigenvalue weighted by atomic mass is 79.9. The number of carbonyl (C=O) groups excluding carboxylic acids is 1. The Kier molecular flexibility index (Phi) is 8.61. The van der Waals surface area contributed by atoms with E-state index < -0.39 is 0 Å². The maximum atomic E-state index is 12.8. The first-order valence-electron chi connectivity index (χ1n) is 11.2. The van der Waals surface area contributed by atoms with Crippen molar-refractivity contribution in [2.24, 2.45) is 5.10 Å². The number of rotatable bonds is 9. The number of benzene rings is 4. The molecule has 8 heteroatoms. The SMILES string of the molecule is CCOc1cc(/C=N\NC(=O)c2cc3ccccc3cc2OC)cc(Br)c1OCc1ccc(Br)cc1. The van der Waals surface area contributed by atoms with Crippen molar-refractivity contribution in [2.45, 2.75) is 13.5 Å². The standard InChI is InChI=1S/C28H24Br2N2O4/c1-3-35-26-13-19(12-24(30)27(26)36-17-18-8-10-22(29)11-9-18)16-31-32-28(33)23-14-20-6-4-5-7-21(20)15-25(23)34-2/h4-16H,3,17H2,1-2H3,(H,32,33)/b31-16-. The highest BCUT2D eigenvalue weighted by Gasteiger charge is 2.14. The molecule has 0 radical (unpaired) electrons. The number of ether oxygens (including phenoxy) is 3. The summed E-state index contributed by atoms with van der Waals surface area (Å²) in [4.78, 5) is 12.8. The van der Waals surface area contributed by atoms with Crippen LogP contribution in [0.5, 0.6) is 17.2 Å². The second-order valence-corrected chi connectivity index (χ2v) is 9.55. The number of fused-ring (bicyclic) bond motifs is 1. The Bertz CT molecular complexity index is 1410. The summed E-state index contributed by atoms with van der Waals surface area (Å²) in [7, 11) is 1.54. The van der Waals surface area contributed by atoms with Gasteiger partial charge in [-0.3, -0.25) is 4.79 Å². The summed E-state index contributed by atoms with van der Waals surface area (Å²) in [5, 5.41) is 6.08. The molecule has 0 saturated carbocycles. The molecule has 0 heterocycles. The minimum absolute atomic E-state index is 0.368. The average molecular weight is 612 g/mol. The van der Waals surface area contributed by atoms with Crippen molar-refractivity contribution in [3.8, 4) is 17.2 Å². The second kappa shape index (κ2) is 12.1. The van der Waals surface area contributed by atoms with Gasteiger partial charge in [-0.15, -0.1) is 0 Å². The lowest BCUT2D eigenvalue weighted by molar-refractivity contribution is 0.0952. The highest BCUT2D eigenvalue weighted by Crippen LogP contribution is 2.37. The monoisotopic (exact) mass is 610 g/mol. The molecular formula is C28H24Br2N2O4. The molecule has 0 aliphatic carbocycles. The van der Waals surface area contributed by atoms with Gasteiger partial charge in [0.05, 0.1) is 30.0 Å². The van der Waals surface area contributed by atoms with Crippen LogP contribution in [0.1, 0.15) is 28.4 Å². The summed E-state index contributed by atoms with van der Waals surface area (Å²) in [5.41, 5.74) is 4.75. The Hall–Kier alpha value is -3.36. The van der Waals surface area contributed by atoms with E-state index in [1.807, 2.05) is 73.7 Å². The van der Waals surface area contributed by atoms with Crippen molar-refractivity contribution < 1.29 is 19.0 Å². The highest BCUT2D eigenvalue weighted by molar-refractivity contribution is 9.10. The van der Waals surface area contributed by atoms with Gasteiger partial charge in [0.15, 0.2) is 11.5 Å². The summed E-state index contributed by atoms with van der Waals surface area (Å²) < 4.78 is 19.0. The van der Waals surface area contributed by atoms with Gasteiger partial charge in [0, 0.05) is 4.47 Å². The lowest BCUT2D eigenvalue weighted by Gasteiger charge is -2.15. The van der Waals surface area contributed by atoms with E-state index in [0.29, 0.717) is 36.0 Å². The van der Waals surface area contributed by atoms with Gasteiger partial charge in [-0.05, 0) is 81.2 Å². The van der Waals surface area contributed by atoms with Crippen LogP contribution in [0.15, 0.2) is 86.8 Å². The lowest BCUT2D eigenvalue weighted by Crippen LogP contribution is -2.18. The molecule has 0 aromatic heterocycles. The van der Waals surface area contributed by atoms with E-state index in [4.69, 9.17) is 14.2 Å². The largest absolute Gasteiger partial charge is 0.496 e. The molecule has 1 amide bonds. The summed E-state index contributed by atoms with van der Waals surface area (Å²) >= 11 is 7.01. The number of hydrogen-bond donors (Lipinski definition) is 1. The van der Waals surface area contributed by atoms with Crippen LogP contribution >= 0.6 is 31.9 Å². The molecule has 0 fully saturated rings. The zero-order valence-corrected chi connectivity index (χ0v) is 22.9. The zero-order chi connectivity index (χ0) is 25.5. The number of hydrogen-bond acceptors (Lipinski definition) is 5. The van der Waals surface area contributed by atoms with Crippen molar-refractivity contribution in [3.63, 3.8) is 0 Å². The van der Waals surface area contributed by atoms with Gasteiger partial charge in [-0.1, -0.05) is 52.3 Å². The number of carbonyl (C=O) groups is 1. The van der Waals surface area contributed by atoms with Crippen molar-refractivity contribution in [1.82, 2.24) is 5.43 Å². The third kappa shape index (κ3) is 6.25. The quantitative estimate of drug-likeness (QED) is 0.162. The number of halogens is 2. The van der Waals surface area contributed by atoms with Crippen LogP contribution in [0.4, 0.5) is 0 Å². The van der Waals surface area contributed by atoms with Gasteiger partial charge >= 0.3 is 0 Å². The second-order valence-electron chi connectivity index (χ2n) is 7.78. The molecule has 184 valence electrons. The van der Waals surface area contributed by atoms with Gasteiger partial charge in [0.2, 0.25) is 0 Å². The van der Waals surface area contributed by atoms with E-state index in [-0.39, 0.29) is 5.91 Å². The fourth-order valence-electron chi connectivity index (χ4n) is 3.59. The fraction of sp³-hybridized carbons (Fsp3) is 0.143. The molecule has 36 heavy (non-hydrogen) atoms. The molecule has 0 spiro atoms. The minimum Gasteiger partial charge on any atom is -0.496 e. The van der Waals surface area contributed by atoms with E-state index in [1.54, 1.807) is 12.3 Å². The summed E-state index contributed by atoms with van der Waals surface area (Å²) in [6.07, 6.45) is 1.55. The molecule has 0 unspecified atom stereocenters. The molecule has 4 rings (SSSR count). The van der Waals surface area contributed by atoms with E-state index in [0.717, 1.165) is 30.8 Å². The van der Waals surface area contributed by atoms with Crippen LogP contribution in [0.3, 0.4) is 0 Å². The minimum atomic E-state index is -0.368. The molecule has 0 atom stereocenters. The first-order valence-corrected chi connectivity index (χ1v) is 12.8. The fourth-order valence-corrected chi connectivity index (χ4v) is 4.43. The summed E-state index contributed by atoms with van der Waals surface area (Å²) in [5.74, 6) is 1.29. The molecule has 6 nitrogen and oxygen atoms in total. The van der Waals surface area contributed by atoms with E-state index >= 15 is 0 Å². The normalized spacial score (nSPS) is 11.0. The topological polar surface area (TPSA) is 69.2 Å². The van der Waals surface area contributed by atoms with Gasteiger partial charge in [0.1, 0.15) is 12.4 Å². The Morgan fingerprint density at radius 3 is 2.36 bits per heavy atom. The Balaban J connectivity index is 1.50. The first kappa shape index (κ1) is 25.7. The number of methoxy groups -OCH3 is 1. The van der Waals surface area contributed by atoms with Crippen molar-refractivity contribution in [3.05, 3.63) is 98.4 Å². The molecule has 1 N–H and O–H groups in total. The average Bonchev–Trinajstić information content (AvgIpc) is 2.88. The molecule has 0 aliphatic heterocycles. The number of nitrogens with zero attached hydrogens (tertiary/aromatic N) is 1. The predicted octanol–water partition coefficient (Wildman–Crippen LogP) is 7.12. The van der Waals surface area contributed by atoms with Crippen molar-refractivity contribution in [1.29, 1.82) is 0 Å². The van der Waals surface area contributed by atoms with Gasteiger partial charge in [0.25, 0.3) is 5.91 Å². The van der Waals surface area contributed by atoms with E-state index in [1.165, 1.54) is 7.11 Å². The van der Waals surface area contributed by atoms with Gasteiger partial charge < -0.3 is 14.2 Å². The Morgan fingerprint density at radius 2 is 1.67 bits per heavy atom. The Labute approximate surface area is 226 Å². The van der Waals surface area contributed by atoms with E-state index in [2.05, 4.69) is 42.4 Å². The van der Waals surface area contributed by atoms with Crippen LogP contribution in [-0.2, 0) is 6.61 Å². The third-order valence-corrected chi connectivity index (χ3v) is 6.44. The molecule has 0 bridgehead atoms. The van der Waals surface area contributed by atoms with Gasteiger partial charge in [-0.2, -0.15) is 5.10 Å².